The molecule has 0 saturated heterocycles. The summed E-state index contributed by atoms with van der Waals surface area (Å²) in [7, 11) is 0. The number of hydrogen-bond donors (Lipinski definition) is 0. The van der Waals surface area contributed by atoms with Crippen LogP contribution < -0.4 is 0 Å². The molecule has 1 aliphatic carbocycles. The van der Waals surface area contributed by atoms with Crippen LogP contribution in [0.3, 0.4) is 0 Å². The molecule has 1 aromatic rings. The fraction of sp³-hybridized carbons (Fsp3) is 0.429. The van der Waals surface area contributed by atoms with E-state index >= 15 is 0 Å². The number of allylic oxidation sites excluding steroid dienone is 6. The van der Waals surface area contributed by atoms with Crippen LogP contribution in [0.15, 0.2) is 54.3 Å². The van der Waals surface area contributed by atoms with Crippen LogP contribution >= 0.6 is 0 Å². The third-order valence-electron chi connectivity index (χ3n) is 5.30. The molecule has 1 aliphatic rings. The summed E-state index contributed by atoms with van der Waals surface area (Å²) in [6, 6.07) is 8.29. The molecular formula is C21H26N2. The van der Waals surface area contributed by atoms with Gasteiger partial charge in [0.1, 0.15) is 0 Å². The highest BCUT2D eigenvalue weighted by Gasteiger charge is 2.39. The van der Waals surface area contributed by atoms with Crippen molar-refractivity contribution in [2.45, 2.75) is 40.5 Å². The van der Waals surface area contributed by atoms with Gasteiger partial charge in [0.15, 0.2) is 0 Å². The van der Waals surface area contributed by atoms with Crippen LogP contribution in [0.4, 0.5) is 0 Å². The van der Waals surface area contributed by atoms with Gasteiger partial charge in [0.2, 0.25) is 0 Å². The normalized spacial score (nSPS) is 22.0. The van der Waals surface area contributed by atoms with Crippen LogP contribution in [-0.2, 0) is 0 Å². The van der Waals surface area contributed by atoms with Crippen molar-refractivity contribution in [1.29, 1.82) is 5.26 Å². The molecule has 0 amide bonds. The molecule has 0 aromatic carbocycles. The lowest BCUT2D eigenvalue weighted by molar-refractivity contribution is 0.200. The van der Waals surface area contributed by atoms with E-state index in [0.29, 0.717) is 11.8 Å². The van der Waals surface area contributed by atoms with Gasteiger partial charge in [0.05, 0.1) is 11.8 Å². The first-order chi connectivity index (χ1) is 11.1. The minimum atomic E-state index is 0.0460. The van der Waals surface area contributed by atoms with E-state index in [2.05, 4.69) is 57.0 Å². The first-order valence-corrected chi connectivity index (χ1v) is 8.43. The van der Waals surface area contributed by atoms with E-state index in [1.807, 2.05) is 30.5 Å². The molecule has 1 heterocycles. The zero-order valence-corrected chi connectivity index (χ0v) is 14.6. The van der Waals surface area contributed by atoms with Gasteiger partial charge in [-0.2, -0.15) is 5.26 Å². The van der Waals surface area contributed by atoms with Gasteiger partial charge in [-0.3, -0.25) is 4.98 Å². The van der Waals surface area contributed by atoms with E-state index in [9.17, 15) is 5.26 Å². The molecule has 120 valence electrons. The van der Waals surface area contributed by atoms with Crippen LogP contribution in [-0.4, -0.2) is 4.98 Å². The topological polar surface area (TPSA) is 36.7 Å². The molecule has 0 N–H and O–H groups in total. The summed E-state index contributed by atoms with van der Waals surface area (Å²) in [6.07, 6.45) is 12.4. The molecule has 0 fully saturated rings. The van der Waals surface area contributed by atoms with Crippen LogP contribution in [0.2, 0.25) is 0 Å². The fourth-order valence-electron chi connectivity index (χ4n) is 3.57. The maximum absolute atomic E-state index is 9.31. The van der Waals surface area contributed by atoms with E-state index in [-0.39, 0.29) is 5.41 Å². The van der Waals surface area contributed by atoms with E-state index in [0.717, 1.165) is 24.1 Å². The second-order valence-corrected chi connectivity index (χ2v) is 6.55. The summed E-state index contributed by atoms with van der Waals surface area (Å²) >= 11 is 0. The number of nitriles is 1. The molecule has 2 rings (SSSR count). The third kappa shape index (κ3) is 3.45. The summed E-state index contributed by atoms with van der Waals surface area (Å²) in [4.78, 5) is 4.55. The Hall–Kier alpha value is -2.14. The Labute approximate surface area is 140 Å². The Morgan fingerprint density at radius 2 is 2.26 bits per heavy atom. The third-order valence-corrected chi connectivity index (χ3v) is 5.30. The smallest absolute Gasteiger partial charge is 0.0988 e. The largest absolute Gasteiger partial charge is 0.257 e. The summed E-state index contributed by atoms with van der Waals surface area (Å²) in [5, 5.41) is 9.31. The van der Waals surface area contributed by atoms with Gasteiger partial charge < -0.3 is 0 Å². The maximum Gasteiger partial charge on any atom is 0.0988 e. The molecule has 0 radical (unpaired) electrons. The van der Waals surface area contributed by atoms with Crippen molar-refractivity contribution in [1.82, 2.24) is 4.98 Å². The lowest BCUT2D eigenvalue weighted by Gasteiger charge is -2.42. The quantitative estimate of drug-likeness (QED) is 0.667. The molecule has 2 nitrogen and oxygen atoms in total. The second kappa shape index (κ2) is 7.42. The number of pyridine rings is 1. The molecule has 0 saturated carbocycles. The average Bonchev–Trinajstić information content (AvgIpc) is 2.61. The molecule has 23 heavy (non-hydrogen) atoms. The SMILES string of the molecule is CC=CC(C)(C(C)CC)C1CC=C(C#N)C=C1c1ccccn1. The molecule has 0 spiro atoms. The van der Waals surface area contributed by atoms with Crippen molar-refractivity contribution in [3.05, 3.63) is 60.0 Å². The van der Waals surface area contributed by atoms with Gasteiger partial charge in [0, 0.05) is 11.8 Å². The van der Waals surface area contributed by atoms with Crippen molar-refractivity contribution in [3.8, 4) is 6.07 Å². The van der Waals surface area contributed by atoms with E-state index in [4.69, 9.17) is 0 Å². The summed E-state index contributed by atoms with van der Waals surface area (Å²) in [5.74, 6) is 0.883. The second-order valence-electron chi connectivity index (χ2n) is 6.55. The maximum atomic E-state index is 9.31. The van der Waals surface area contributed by atoms with Gasteiger partial charge in [-0.05, 0) is 54.4 Å². The zero-order valence-electron chi connectivity index (χ0n) is 14.6. The zero-order chi connectivity index (χ0) is 16.9. The van der Waals surface area contributed by atoms with Crippen LogP contribution in [0.1, 0.15) is 46.2 Å². The average molecular weight is 306 g/mol. The Kier molecular flexibility index (Phi) is 5.55. The molecule has 1 aromatic heterocycles. The summed E-state index contributed by atoms with van der Waals surface area (Å²) in [5.41, 5.74) is 2.96. The Morgan fingerprint density at radius 3 is 2.83 bits per heavy atom. The predicted octanol–water partition coefficient (Wildman–Crippen LogP) is 5.56. The molecular weight excluding hydrogens is 280 g/mol. The first kappa shape index (κ1) is 17.2. The van der Waals surface area contributed by atoms with Crippen molar-refractivity contribution in [2.75, 3.05) is 0 Å². The van der Waals surface area contributed by atoms with Crippen LogP contribution in [0.25, 0.3) is 5.57 Å². The Morgan fingerprint density at radius 1 is 1.48 bits per heavy atom. The van der Waals surface area contributed by atoms with Gasteiger partial charge in [-0.15, -0.1) is 0 Å². The minimum absolute atomic E-state index is 0.0460. The van der Waals surface area contributed by atoms with Crippen LogP contribution in [0.5, 0.6) is 0 Å². The molecule has 3 atom stereocenters. The lowest BCUT2D eigenvalue weighted by atomic mass is 9.62. The van der Waals surface area contributed by atoms with Crippen molar-refractivity contribution < 1.29 is 0 Å². The van der Waals surface area contributed by atoms with Crippen molar-refractivity contribution >= 4 is 5.57 Å². The number of hydrogen-bond acceptors (Lipinski definition) is 2. The molecule has 0 aliphatic heterocycles. The van der Waals surface area contributed by atoms with Gasteiger partial charge in [-0.25, -0.2) is 0 Å². The monoisotopic (exact) mass is 306 g/mol. The highest BCUT2D eigenvalue weighted by Crippen LogP contribution is 2.48. The lowest BCUT2D eigenvalue weighted by Crippen LogP contribution is -2.34. The highest BCUT2D eigenvalue weighted by molar-refractivity contribution is 5.71. The van der Waals surface area contributed by atoms with Crippen LogP contribution in [0, 0.1) is 28.6 Å². The van der Waals surface area contributed by atoms with E-state index < -0.39 is 0 Å². The summed E-state index contributed by atoms with van der Waals surface area (Å²) < 4.78 is 0. The van der Waals surface area contributed by atoms with Gasteiger partial charge in [-0.1, -0.05) is 51.5 Å². The van der Waals surface area contributed by atoms with E-state index in [1.54, 1.807) is 0 Å². The van der Waals surface area contributed by atoms with Gasteiger partial charge in [0.25, 0.3) is 0 Å². The standard InChI is InChI=1S/C21H26N2/c1-5-12-21(4,16(3)6-2)19-11-10-17(15-22)14-18(19)20-9-7-8-13-23-20/h5,7-10,12-14,16,19H,6,11H2,1-4H3. The Bertz CT molecular complexity index is 661. The van der Waals surface area contributed by atoms with E-state index in [1.165, 1.54) is 5.57 Å². The van der Waals surface area contributed by atoms with Gasteiger partial charge >= 0.3 is 0 Å². The fourth-order valence-corrected chi connectivity index (χ4v) is 3.57. The number of nitrogens with zero attached hydrogens (tertiary/aromatic N) is 2. The highest BCUT2D eigenvalue weighted by atomic mass is 14.7. The Balaban J connectivity index is 2.54. The predicted molar refractivity (Wildman–Crippen MR) is 96.4 cm³/mol. The summed E-state index contributed by atoms with van der Waals surface area (Å²) in [6.45, 7) is 8.99. The first-order valence-electron chi connectivity index (χ1n) is 8.43. The molecule has 2 heteroatoms. The number of rotatable bonds is 5. The number of aromatic nitrogens is 1. The van der Waals surface area contributed by atoms with Crippen molar-refractivity contribution in [2.24, 2.45) is 17.3 Å². The molecule has 0 bridgehead atoms. The minimum Gasteiger partial charge on any atom is -0.257 e. The van der Waals surface area contributed by atoms with Crippen molar-refractivity contribution in [3.63, 3.8) is 0 Å². The molecule has 3 unspecified atom stereocenters.